The van der Waals surface area contributed by atoms with E-state index in [0.29, 0.717) is 0 Å². The van der Waals surface area contributed by atoms with E-state index in [1.54, 1.807) is 0 Å². The summed E-state index contributed by atoms with van der Waals surface area (Å²) < 4.78 is 0. The number of rotatable bonds is 2. The van der Waals surface area contributed by atoms with E-state index in [0.717, 1.165) is 0 Å². The van der Waals surface area contributed by atoms with Crippen LogP contribution in [0.4, 0.5) is 0 Å². The Hall–Kier alpha value is -1.36. The number of hydrogen-bond acceptors (Lipinski definition) is 3. The quantitative estimate of drug-likeness (QED) is 0.562. The third-order valence-corrected chi connectivity index (χ3v) is 4.42. The summed E-state index contributed by atoms with van der Waals surface area (Å²) in [7, 11) is 0. The lowest BCUT2D eigenvalue weighted by Crippen LogP contribution is -2.46. The van der Waals surface area contributed by atoms with Crippen LogP contribution in [0.15, 0.2) is 12.2 Å². The average Bonchev–Trinajstić information content (AvgIpc) is 2.92. The summed E-state index contributed by atoms with van der Waals surface area (Å²) in [6.45, 7) is 0. The molecule has 4 rings (SSSR count). The average molecular weight is 223 g/mol. The maximum Gasteiger partial charge on any atom is 0.308 e. The van der Waals surface area contributed by atoms with Crippen LogP contribution in [-0.4, -0.2) is 28.2 Å². The molecule has 7 atom stereocenters. The Morgan fingerprint density at radius 2 is 1.31 bits per heavy atom. The van der Waals surface area contributed by atoms with Crippen LogP contribution >= 0.6 is 0 Å². The van der Waals surface area contributed by atoms with Crippen molar-refractivity contribution in [3.8, 4) is 0 Å². The summed E-state index contributed by atoms with van der Waals surface area (Å²) in [6.07, 6.45) is 3.72. The molecule has 5 nitrogen and oxygen atoms in total. The van der Waals surface area contributed by atoms with E-state index < -0.39 is 23.8 Å². The molecule has 5 heteroatoms. The zero-order chi connectivity index (χ0) is 11.6. The Labute approximate surface area is 91.9 Å². The Kier molecular flexibility index (Phi) is 1.75. The second-order valence-corrected chi connectivity index (χ2v) is 5.00. The highest BCUT2D eigenvalue weighted by Crippen LogP contribution is 2.62. The molecule has 0 aromatic carbocycles. The number of carboxylic acids is 2. The van der Waals surface area contributed by atoms with Crippen LogP contribution in [0.5, 0.6) is 0 Å². The molecule has 16 heavy (non-hydrogen) atoms. The molecule has 2 saturated carbocycles. The number of allylic oxidation sites excluding steroid dienone is 2. The summed E-state index contributed by atoms with van der Waals surface area (Å²) >= 11 is 0. The van der Waals surface area contributed by atoms with Gasteiger partial charge in [-0.2, -0.15) is 0 Å². The van der Waals surface area contributed by atoms with E-state index in [4.69, 9.17) is 15.9 Å². The van der Waals surface area contributed by atoms with Crippen molar-refractivity contribution in [2.45, 2.75) is 6.04 Å². The molecule has 2 fully saturated rings. The fraction of sp³-hybridized carbons (Fsp3) is 0.636. The van der Waals surface area contributed by atoms with Gasteiger partial charge in [0.2, 0.25) is 0 Å². The van der Waals surface area contributed by atoms with Crippen LogP contribution in [0.25, 0.3) is 0 Å². The fourth-order valence-electron chi connectivity index (χ4n) is 3.76. The zero-order valence-electron chi connectivity index (χ0n) is 8.48. The van der Waals surface area contributed by atoms with E-state index in [2.05, 4.69) is 0 Å². The van der Waals surface area contributed by atoms with E-state index in [1.165, 1.54) is 0 Å². The van der Waals surface area contributed by atoms with Gasteiger partial charge < -0.3 is 15.9 Å². The number of carbonyl (C=O) groups is 2. The van der Waals surface area contributed by atoms with Gasteiger partial charge in [-0.1, -0.05) is 12.2 Å². The molecule has 0 aliphatic heterocycles. The van der Waals surface area contributed by atoms with Gasteiger partial charge in [-0.05, 0) is 23.7 Å². The van der Waals surface area contributed by atoms with E-state index in [-0.39, 0.29) is 29.7 Å². The van der Waals surface area contributed by atoms with Gasteiger partial charge in [0.25, 0.3) is 0 Å². The molecule has 0 amide bonds. The molecule has 0 aromatic rings. The monoisotopic (exact) mass is 223 g/mol. The fourth-order valence-corrected chi connectivity index (χ4v) is 3.76. The van der Waals surface area contributed by atoms with Gasteiger partial charge in [0.05, 0.1) is 11.8 Å². The first-order chi connectivity index (χ1) is 7.54. The van der Waals surface area contributed by atoms with Crippen LogP contribution in [0, 0.1) is 35.5 Å². The Bertz CT molecular complexity index is 369. The SMILES string of the molecule is NC1[C@@H]2[C@H]3C=C[C@@H]([C@@H](C(=O)O)[C@H]3C(=O)O)[C@H]12. The molecule has 0 spiro atoms. The standard InChI is InChI=1S/C11H13NO4/c12-9-5-3-1-2-4(6(5)9)8(11(15)16)7(3)10(13)14/h1-9H,12H2,(H,13,14)(H,15,16)/t3-,4-,5-,6+,7+,8-,9?/m1/s1. The Balaban J connectivity index is 2.03. The molecular formula is C11H13NO4. The second-order valence-electron chi connectivity index (χ2n) is 5.00. The van der Waals surface area contributed by atoms with Crippen LogP contribution in [0.1, 0.15) is 0 Å². The van der Waals surface area contributed by atoms with Gasteiger partial charge in [-0.3, -0.25) is 9.59 Å². The summed E-state index contributed by atoms with van der Waals surface area (Å²) in [4.78, 5) is 22.4. The van der Waals surface area contributed by atoms with Gasteiger partial charge in [0, 0.05) is 6.04 Å². The van der Waals surface area contributed by atoms with Crippen molar-refractivity contribution >= 4 is 11.9 Å². The number of carboxylic acid groups (broad SMARTS) is 2. The van der Waals surface area contributed by atoms with Crippen LogP contribution in [0.3, 0.4) is 0 Å². The lowest BCUT2D eigenvalue weighted by molar-refractivity contribution is -0.160. The predicted octanol–water partition coefficient (Wildman–Crippen LogP) is -0.223. The van der Waals surface area contributed by atoms with Crippen molar-refractivity contribution in [1.29, 1.82) is 0 Å². The van der Waals surface area contributed by atoms with Crippen LogP contribution in [0.2, 0.25) is 0 Å². The minimum absolute atomic E-state index is 0.0174. The Morgan fingerprint density at radius 1 is 0.938 bits per heavy atom. The predicted molar refractivity (Wildman–Crippen MR) is 53.3 cm³/mol. The summed E-state index contributed by atoms with van der Waals surface area (Å²) in [5.74, 6) is -3.64. The third kappa shape index (κ3) is 0.988. The van der Waals surface area contributed by atoms with Gasteiger partial charge in [0.15, 0.2) is 0 Å². The van der Waals surface area contributed by atoms with Crippen LogP contribution in [-0.2, 0) is 9.59 Å². The lowest BCUT2D eigenvalue weighted by Gasteiger charge is -2.39. The molecule has 4 aliphatic rings. The van der Waals surface area contributed by atoms with E-state index in [1.807, 2.05) is 12.2 Å². The van der Waals surface area contributed by atoms with E-state index in [9.17, 15) is 9.59 Å². The number of nitrogens with two attached hydrogens (primary N) is 1. The van der Waals surface area contributed by atoms with Gasteiger partial charge in [0.1, 0.15) is 0 Å². The van der Waals surface area contributed by atoms with Crippen molar-refractivity contribution in [3.63, 3.8) is 0 Å². The molecule has 86 valence electrons. The molecule has 0 radical (unpaired) electrons. The third-order valence-electron chi connectivity index (χ3n) is 4.42. The maximum atomic E-state index is 11.2. The van der Waals surface area contributed by atoms with Gasteiger partial charge >= 0.3 is 11.9 Å². The van der Waals surface area contributed by atoms with Gasteiger partial charge in [-0.25, -0.2) is 0 Å². The molecule has 0 heterocycles. The lowest BCUT2D eigenvalue weighted by atomic mass is 9.62. The highest BCUT2D eigenvalue weighted by molar-refractivity contribution is 5.82. The zero-order valence-corrected chi connectivity index (χ0v) is 8.48. The molecule has 1 unspecified atom stereocenters. The first-order valence-electron chi connectivity index (χ1n) is 5.43. The number of aliphatic carboxylic acids is 2. The summed E-state index contributed by atoms with van der Waals surface area (Å²) in [5, 5.41) is 18.3. The van der Waals surface area contributed by atoms with E-state index >= 15 is 0 Å². The summed E-state index contributed by atoms with van der Waals surface area (Å²) in [6, 6.07) is -0.0174. The van der Waals surface area contributed by atoms with Gasteiger partial charge in [-0.15, -0.1) is 0 Å². The first-order valence-corrected chi connectivity index (χ1v) is 5.43. The molecular weight excluding hydrogens is 210 g/mol. The van der Waals surface area contributed by atoms with Crippen LogP contribution < -0.4 is 5.73 Å². The maximum absolute atomic E-state index is 11.2. The molecule has 4 N–H and O–H groups in total. The smallest absolute Gasteiger partial charge is 0.308 e. The van der Waals surface area contributed by atoms with Crippen molar-refractivity contribution in [2.24, 2.45) is 41.2 Å². The first kappa shape index (κ1) is 9.84. The van der Waals surface area contributed by atoms with Crippen molar-refractivity contribution in [2.75, 3.05) is 0 Å². The van der Waals surface area contributed by atoms with Crippen molar-refractivity contribution in [3.05, 3.63) is 12.2 Å². The molecule has 4 aliphatic carbocycles. The summed E-state index contributed by atoms with van der Waals surface area (Å²) in [5.41, 5.74) is 5.89. The minimum Gasteiger partial charge on any atom is -0.481 e. The second kappa shape index (κ2) is 2.85. The largest absolute Gasteiger partial charge is 0.481 e. The number of fused-ring (bicyclic) bond motifs is 1. The van der Waals surface area contributed by atoms with Crippen molar-refractivity contribution < 1.29 is 19.8 Å². The topological polar surface area (TPSA) is 101 Å². The van der Waals surface area contributed by atoms with Crippen molar-refractivity contribution in [1.82, 2.24) is 0 Å². The normalized spacial score (nSPS) is 52.2. The highest BCUT2D eigenvalue weighted by atomic mass is 16.4. The number of hydrogen-bond donors (Lipinski definition) is 3. The molecule has 0 aromatic heterocycles. The molecule has 0 saturated heterocycles. The molecule has 2 bridgehead atoms. The Morgan fingerprint density at radius 3 is 1.62 bits per heavy atom. The minimum atomic E-state index is -1.01. The highest BCUT2D eigenvalue weighted by Gasteiger charge is 2.67.